The van der Waals surface area contributed by atoms with Crippen LogP contribution in [0.25, 0.3) is 11.0 Å². The average molecular weight is 249 g/mol. The van der Waals surface area contributed by atoms with E-state index in [9.17, 15) is 4.39 Å². The lowest BCUT2D eigenvalue weighted by Gasteiger charge is -2.28. The third-order valence-electron chi connectivity index (χ3n) is 3.67. The van der Waals surface area contributed by atoms with Crippen molar-refractivity contribution in [2.24, 2.45) is 11.3 Å². The summed E-state index contributed by atoms with van der Waals surface area (Å²) in [4.78, 5) is 4.26. The van der Waals surface area contributed by atoms with Gasteiger partial charge in [0, 0.05) is 6.54 Å². The minimum Gasteiger partial charge on any atom is -0.369 e. The van der Waals surface area contributed by atoms with Gasteiger partial charge in [-0.05, 0) is 29.5 Å². The molecule has 0 amide bonds. The lowest BCUT2D eigenvalue weighted by molar-refractivity contribution is 0.236. The van der Waals surface area contributed by atoms with Gasteiger partial charge in [0.25, 0.3) is 0 Å². The van der Waals surface area contributed by atoms with Gasteiger partial charge in [0.05, 0.1) is 11.0 Å². The zero-order valence-corrected chi connectivity index (χ0v) is 11.4. The second kappa shape index (κ2) is 4.26. The monoisotopic (exact) mass is 249 g/mol. The number of nitrogens with zero attached hydrogens (tertiary/aromatic N) is 2. The van der Waals surface area contributed by atoms with E-state index in [1.165, 1.54) is 12.1 Å². The molecule has 0 fully saturated rings. The number of nitrogens with two attached hydrogens (primary N) is 1. The number of fused-ring (bicyclic) bond motifs is 1. The molecular formula is C14H20FN3. The fourth-order valence-corrected chi connectivity index (χ4v) is 1.85. The summed E-state index contributed by atoms with van der Waals surface area (Å²) < 4.78 is 15.2. The van der Waals surface area contributed by atoms with E-state index in [-0.39, 0.29) is 11.2 Å². The number of hydrogen-bond acceptors (Lipinski definition) is 2. The van der Waals surface area contributed by atoms with Crippen LogP contribution in [0.5, 0.6) is 0 Å². The first-order chi connectivity index (χ1) is 8.29. The zero-order chi connectivity index (χ0) is 13.5. The predicted molar refractivity (Wildman–Crippen MR) is 72.7 cm³/mol. The van der Waals surface area contributed by atoms with E-state index >= 15 is 0 Å². The molecule has 0 radical (unpaired) electrons. The van der Waals surface area contributed by atoms with Crippen molar-refractivity contribution in [2.45, 2.75) is 34.2 Å². The number of anilines is 1. The molecule has 1 unspecified atom stereocenters. The van der Waals surface area contributed by atoms with Gasteiger partial charge in [-0.2, -0.15) is 0 Å². The summed E-state index contributed by atoms with van der Waals surface area (Å²) in [6.45, 7) is 9.48. The van der Waals surface area contributed by atoms with Gasteiger partial charge in [-0.15, -0.1) is 0 Å². The normalized spacial score (nSPS) is 14.1. The van der Waals surface area contributed by atoms with E-state index in [0.717, 1.165) is 17.6 Å². The second-order valence-electron chi connectivity index (χ2n) is 5.98. The molecular weight excluding hydrogens is 229 g/mol. The molecule has 0 saturated carbocycles. The number of imidazole rings is 1. The lowest BCUT2D eigenvalue weighted by atomic mass is 9.82. The van der Waals surface area contributed by atoms with Crippen LogP contribution in [0.2, 0.25) is 0 Å². The molecule has 2 N–H and O–H groups in total. The van der Waals surface area contributed by atoms with E-state index in [4.69, 9.17) is 5.73 Å². The highest BCUT2D eigenvalue weighted by molar-refractivity contribution is 5.78. The Morgan fingerprint density at radius 3 is 2.67 bits per heavy atom. The minimum atomic E-state index is -0.257. The van der Waals surface area contributed by atoms with Gasteiger partial charge in [0.1, 0.15) is 5.82 Å². The molecule has 18 heavy (non-hydrogen) atoms. The highest BCUT2D eigenvalue weighted by atomic mass is 19.1. The SMILES string of the molecule is CC(Cn1c(N)nc2ccc(F)cc21)C(C)(C)C. The molecule has 0 saturated heterocycles. The Balaban J connectivity index is 2.44. The Kier molecular flexibility index (Phi) is 3.05. The van der Waals surface area contributed by atoms with Crippen LogP contribution < -0.4 is 5.73 Å². The van der Waals surface area contributed by atoms with Crippen molar-refractivity contribution in [1.82, 2.24) is 9.55 Å². The molecule has 2 aromatic rings. The molecule has 0 aliphatic rings. The van der Waals surface area contributed by atoms with E-state index in [0.29, 0.717) is 11.9 Å². The molecule has 0 spiro atoms. The largest absolute Gasteiger partial charge is 0.369 e. The Bertz CT molecular complexity index is 566. The standard InChI is InChI=1S/C14H20FN3/c1-9(14(2,3)4)8-18-12-7-10(15)5-6-11(12)17-13(18)16/h5-7,9H,8H2,1-4H3,(H2,16,17). The van der Waals surface area contributed by atoms with Crippen molar-refractivity contribution in [3.05, 3.63) is 24.0 Å². The van der Waals surface area contributed by atoms with Gasteiger partial charge in [-0.25, -0.2) is 9.37 Å². The minimum absolute atomic E-state index is 0.177. The van der Waals surface area contributed by atoms with Gasteiger partial charge in [0.15, 0.2) is 0 Å². The first kappa shape index (κ1) is 12.9. The fourth-order valence-electron chi connectivity index (χ4n) is 1.85. The molecule has 0 aliphatic heterocycles. The number of hydrogen-bond donors (Lipinski definition) is 1. The van der Waals surface area contributed by atoms with Crippen molar-refractivity contribution in [3.63, 3.8) is 0 Å². The maximum absolute atomic E-state index is 13.3. The summed E-state index contributed by atoms with van der Waals surface area (Å²) in [7, 11) is 0. The van der Waals surface area contributed by atoms with Gasteiger partial charge in [0.2, 0.25) is 5.95 Å². The molecule has 1 atom stereocenters. The summed E-state index contributed by atoms with van der Waals surface area (Å²) in [5.41, 5.74) is 7.61. The van der Waals surface area contributed by atoms with Crippen LogP contribution in [0.1, 0.15) is 27.7 Å². The highest BCUT2D eigenvalue weighted by Crippen LogP contribution is 2.29. The average Bonchev–Trinajstić information content (AvgIpc) is 2.54. The summed E-state index contributed by atoms with van der Waals surface area (Å²) in [5, 5.41) is 0. The molecule has 2 rings (SSSR count). The number of aromatic nitrogens is 2. The third kappa shape index (κ3) is 2.33. The summed E-state index contributed by atoms with van der Waals surface area (Å²) in [5.74, 6) is 0.610. The second-order valence-corrected chi connectivity index (χ2v) is 5.98. The van der Waals surface area contributed by atoms with E-state index in [1.807, 2.05) is 4.57 Å². The van der Waals surface area contributed by atoms with Crippen molar-refractivity contribution in [2.75, 3.05) is 5.73 Å². The highest BCUT2D eigenvalue weighted by Gasteiger charge is 2.22. The quantitative estimate of drug-likeness (QED) is 0.886. The molecule has 4 heteroatoms. The van der Waals surface area contributed by atoms with Gasteiger partial charge in [-0.3, -0.25) is 0 Å². The first-order valence-corrected chi connectivity index (χ1v) is 6.20. The van der Waals surface area contributed by atoms with Gasteiger partial charge < -0.3 is 10.3 Å². The zero-order valence-electron chi connectivity index (χ0n) is 11.4. The molecule has 1 aromatic carbocycles. The van der Waals surface area contributed by atoms with Crippen molar-refractivity contribution in [1.29, 1.82) is 0 Å². The maximum Gasteiger partial charge on any atom is 0.201 e. The molecule has 3 nitrogen and oxygen atoms in total. The Morgan fingerprint density at radius 1 is 1.39 bits per heavy atom. The summed E-state index contributed by atoms with van der Waals surface area (Å²) in [6.07, 6.45) is 0. The Morgan fingerprint density at radius 2 is 2.06 bits per heavy atom. The van der Waals surface area contributed by atoms with Crippen LogP contribution in [0.3, 0.4) is 0 Å². The van der Waals surface area contributed by atoms with E-state index in [1.54, 1.807) is 6.07 Å². The van der Waals surface area contributed by atoms with Crippen LogP contribution in [-0.4, -0.2) is 9.55 Å². The predicted octanol–water partition coefficient (Wildman–Crippen LogP) is 3.44. The number of halogens is 1. The van der Waals surface area contributed by atoms with Gasteiger partial charge in [-0.1, -0.05) is 27.7 Å². The summed E-state index contributed by atoms with van der Waals surface area (Å²) >= 11 is 0. The fraction of sp³-hybridized carbons (Fsp3) is 0.500. The summed E-state index contributed by atoms with van der Waals surface area (Å²) in [6, 6.07) is 4.57. The van der Waals surface area contributed by atoms with Crippen LogP contribution in [0, 0.1) is 17.2 Å². The maximum atomic E-state index is 13.3. The van der Waals surface area contributed by atoms with Crippen molar-refractivity contribution in [3.8, 4) is 0 Å². The number of rotatable bonds is 2. The Labute approximate surface area is 107 Å². The van der Waals surface area contributed by atoms with Crippen LogP contribution in [0.15, 0.2) is 18.2 Å². The molecule has 0 aliphatic carbocycles. The van der Waals surface area contributed by atoms with Crippen molar-refractivity contribution < 1.29 is 4.39 Å². The molecule has 1 heterocycles. The molecule has 0 bridgehead atoms. The lowest BCUT2D eigenvalue weighted by Crippen LogP contribution is -2.23. The number of benzene rings is 1. The smallest absolute Gasteiger partial charge is 0.201 e. The topological polar surface area (TPSA) is 43.8 Å². The van der Waals surface area contributed by atoms with Crippen LogP contribution in [-0.2, 0) is 6.54 Å². The van der Waals surface area contributed by atoms with Crippen molar-refractivity contribution >= 4 is 17.0 Å². The van der Waals surface area contributed by atoms with E-state index in [2.05, 4.69) is 32.7 Å². The van der Waals surface area contributed by atoms with E-state index < -0.39 is 0 Å². The number of nitrogen functional groups attached to an aromatic ring is 1. The van der Waals surface area contributed by atoms with Gasteiger partial charge >= 0.3 is 0 Å². The Hall–Kier alpha value is -1.58. The molecule has 98 valence electrons. The molecule has 1 aromatic heterocycles. The van der Waals surface area contributed by atoms with Crippen LogP contribution in [0.4, 0.5) is 10.3 Å². The first-order valence-electron chi connectivity index (χ1n) is 6.20. The third-order valence-corrected chi connectivity index (χ3v) is 3.67. The van der Waals surface area contributed by atoms with Crippen LogP contribution >= 0.6 is 0 Å².